The van der Waals surface area contributed by atoms with Crippen molar-refractivity contribution in [3.8, 4) is 0 Å². The summed E-state index contributed by atoms with van der Waals surface area (Å²) in [6.07, 6.45) is -25.4. The van der Waals surface area contributed by atoms with Crippen molar-refractivity contribution in [2.75, 3.05) is 20.3 Å². The van der Waals surface area contributed by atoms with Crippen LogP contribution in [0, 0.1) is 5.41 Å². The number of halogens is 12. The molecule has 0 aromatic rings. The highest BCUT2D eigenvalue weighted by Gasteiger charge is 2.47. The number of methoxy groups -OCH3 is 1. The van der Waals surface area contributed by atoms with E-state index in [2.05, 4.69) is 14.2 Å². The maximum absolute atomic E-state index is 12.6. The van der Waals surface area contributed by atoms with Crippen LogP contribution in [0.15, 0.2) is 0 Å². The molecular weight excluding hydrogens is 444 g/mol. The topological polar surface area (TPSA) is 27.7 Å². The summed E-state index contributed by atoms with van der Waals surface area (Å²) in [7, 11) is 0.520. The summed E-state index contributed by atoms with van der Waals surface area (Å²) in [4.78, 5) is 0. The molecule has 0 radical (unpaired) electrons. The van der Waals surface area contributed by atoms with Crippen molar-refractivity contribution in [1.82, 2.24) is 0 Å². The first-order valence-electron chi connectivity index (χ1n) is 7.67. The smallest absolute Gasteiger partial charge is 0.319 e. The quantitative estimate of drug-likeness (QED) is 0.330. The second-order valence-electron chi connectivity index (χ2n) is 5.93. The van der Waals surface area contributed by atoms with Gasteiger partial charge in [-0.25, -0.2) is 26.3 Å². The summed E-state index contributed by atoms with van der Waals surface area (Å²) < 4.78 is 153. The molecule has 0 N–H and O–H groups in total. The average Bonchev–Trinajstić information content (AvgIpc) is 2.59. The van der Waals surface area contributed by atoms with E-state index < -0.39 is 56.2 Å². The minimum absolute atomic E-state index is 0.0222. The molecule has 0 saturated carbocycles. The summed E-state index contributed by atoms with van der Waals surface area (Å²) in [6.45, 7) is 0.614. The van der Waals surface area contributed by atoms with Crippen LogP contribution in [0.3, 0.4) is 0 Å². The molecule has 0 saturated heterocycles. The molecular formula is C14H20F12O3. The van der Waals surface area contributed by atoms with Gasteiger partial charge in [0.05, 0.1) is 13.2 Å². The van der Waals surface area contributed by atoms with Crippen molar-refractivity contribution in [3.63, 3.8) is 0 Å². The zero-order valence-electron chi connectivity index (χ0n) is 15.3. The van der Waals surface area contributed by atoms with Crippen LogP contribution in [0.1, 0.15) is 26.7 Å². The Bertz CT molecular complexity index is 422. The molecule has 0 rings (SSSR count). The number of rotatable bonds is 12. The first kappa shape index (κ1) is 30.2. The van der Waals surface area contributed by atoms with Crippen LogP contribution in [0.25, 0.3) is 0 Å². The molecule has 0 unspecified atom stereocenters. The molecule has 0 bridgehead atoms. The van der Waals surface area contributed by atoms with E-state index in [1.807, 2.05) is 0 Å². The number of ether oxygens (including phenoxy) is 3. The van der Waals surface area contributed by atoms with E-state index in [0.29, 0.717) is 13.5 Å². The highest BCUT2D eigenvalue weighted by molar-refractivity contribution is 4.75. The molecule has 3 nitrogen and oxygen atoms in total. The highest BCUT2D eigenvalue weighted by Crippen LogP contribution is 2.33. The lowest BCUT2D eigenvalue weighted by Crippen LogP contribution is -2.40. The number of alkyl halides is 12. The Labute approximate surface area is 158 Å². The molecule has 0 aliphatic heterocycles. The number of hydrogen-bond acceptors (Lipinski definition) is 3. The van der Waals surface area contributed by atoms with Crippen molar-refractivity contribution >= 4 is 0 Å². The first-order valence-corrected chi connectivity index (χ1v) is 7.67. The van der Waals surface area contributed by atoms with E-state index in [1.54, 1.807) is 6.92 Å². The second kappa shape index (κ2) is 12.0. The summed E-state index contributed by atoms with van der Waals surface area (Å²) >= 11 is 0. The fraction of sp³-hybridized carbons (Fsp3) is 1.00. The van der Waals surface area contributed by atoms with Crippen molar-refractivity contribution < 1.29 is 66.9 Å². The monoisotopic (exact) mass is 464 g/mol. The second-order valence-corrected chi connectivity index (χ2v) is 5.93. The predicted octanol–water partition coefficient (Wildman–Crippen LogP) is 6.03. The van der Waals surface area contributed by atoms with Crippen LogP contribution in [-0.2, 0) is 14.2 Å². The van der Waals surface area contributed by atoms with E-state index in [1.165, 1.54) is 0 Å². The predicted molar refractivity (Wildman–Crippen MR) is 74.8 cm³/mol. The molecule has 0 aliphatic carbocycles. The standard InChI is InChI=1S/C11H16F8O2.C3H4F4O/c1-3-4-9(2,5-20-10(16,17)7(12)13)6-21-11(18,19)8(14)15;1-8-3(6,7)2(4)5/h7-8H,3-6H2,1-2H3;2H,1H3. The van der Waals surface area contributed by atoms with Gasteiger partial charge in [0.2, 0.25) is 0 Å². The first-order chi connectivity index (χ1) is 12.9. The Morgan fingerprint density at radius 1 is 0.655 bits per heavy atom. The Kier molecular flexibility index (Phi) is 12.5. The van der Waals surface area contributed by atoms with Gasteiger partial charge in [-0.2, -0.15) is 26.3 Å². The van der Waals surface area contributed by atoms with E-state index in [4.69, 9.17) is 0 Å². The van der Waals surface area contributed by atoms with Gasteiger partial charge in [0.15, 0.2) is 0 Å². The lowest BCUT2D eigenvalue weighted by Gasteiger charge is -2.32. The molecule has 29 heavy (non-hydrogen) atoms. The minimum Gasteiger partial charge on any atom is -0.319 e. The zero-order valence-corrected chi connectivity index (χ0v) is 15.3. The van der Waals surface area contributed by atoms with Crippen molar-refractivity contribution in [2.24, 2.45) is 5.41 Å². The van der Waals surface area contributed by atoms with Gasteiger partial charge in [-0.3, -0.25) is 0 Å². The van der Waals surface area contributed by atoms with Gasteiger partial charge < -0.3 is 14.2 Å². The SMILES string of the molecule is CCCC(C)(COC(F)(F)C(F)F)COC(F)(F)C(F)F.COC(F)(F)C(F)F. The number of hydrogen-bond donors (Lipinski definition) is 0. The van der Waals surface area contributed by atoms with Gasteiger partial charge in [-0.1, -0.05) is 20.3 Å². The highest BCUT2D eigenvalue weighted by atomic mass is 19.3. The Balaban J connectivity index is 0. The van der Waals surface area contributed by atoms with Crippen LogP contribution in [-0.4, -0.2) is 57.9 Å². The van der Waals surface area contributed by atoms with Crippen LogP contribution < -0.4 is 0 Å². The van der Waals surface area contributed by atoms with Crippen LogP contribution in [0.4, 0.5) is 52.7 Å². The summed E-state index contributed by atoms with van der Waals surface area (Å²) in [5, 5.41) is 0. The van der Waals surface area contributed by atoms with E-state index in [9.17, 15) is 52.7 Å². The van der Waals surface area contributed by atoms with Crippen LogP contribution in [0.5, 0.6) is 0 Å². The summed E-state index contributed by atoms with van der Waals surface area (Å²) in [5.74, 6) is 0. The third kappa shape index (κ3) is 11.7. The average molecular weight is 464 g/mol. The molecule has 0 aromatic heterocycles. The van der Waals surface area contributed by atoms with Crippen molar-refractivity contribution in [3.05, 3.63) is 0 Å². The molecule has 178 valence electrons. The molecule has 15 heteroatoms. The van der Waals surface area contributed by atoms with Gasteiger partial charge >= 0.3 is 37.6 Å². The fourth-order valence-electron chi connectivity index (χ4n) is 1.55. The third-order valence-electron chi connectivity index (χ3n) is 3.11. The zero-order chi connectivity index (χ0) is 23.7. The largest absolute Gasteiger partial charge is 0.416 e. The molecule has 0 amide bonds. The van der Waals surface area contributed by atoms with Crippen molar-refractivity contribution in [2.45, 2.75) is 64.3 Å². The maximum atomic E-state index is 12.6. The van der Waals surface area contributed by atoms with Crippen LogP contribution >= 0.6 is 0 Å². The molecule has 0 aliphatic rings. The Morgan fingerprint density at radius 3 is 1.14 bits per heavy atom. The van der Waals surface area contributed by atoms with Crippen LogP contribution in [0.2, 0.25) is 0 Å². The lowest BCUT2D eigenvalue weighted by molar-refractivity contribution is -0.328. The lowest BCUT2D eigenvalue weighted by atomic mass is 9.87. The molecule has 0 atom stereocenters. The summed E-state index contributed by atoms with van der Waals surface area (Å²) in [5.41, 5.74) is -1.54. The van der Waals surface area contributed by atoms with Gasteiger partial charge in [0.25, 0.3) is 0 Å². The molecule has 0 fully saturated rings. The minimum atomic E-state index is -4.75. The normalized spacial score (nSPS) is 13.9. The van der Waals surface area contributed by atoms with Crippen molar-refractivity contribution in [1.29, 1.82) is 0 Å². The molecule has 0 spiro atoms. The van der Waals surface area contributed by atoms with Gasteiger partial charge in [0, 0.05) is 12.5 Å². The fourth-order valence-corrected chi connectivity index (χ4v) is 1.55. The Hall–Kier alpha value is -0.960. The Morgan fingerprint density at radius 2 is 0.966 bits per heavy atom. The van der Waals surface area contributed by atoms with E-state index in [0.717, 1.165) is 6.92 Å². The molecule has 0 aromatic carbocycles. The van der Waals surface area contributed by atoms with E-state index >= 15 is 0 Å². The third-order valence-corrected chi connectivity index (χ3v) is 3.11. The van der Waals surface area contributed by atoms with Gasteiger partial charge in [-0.05, 0) is 6.42 Å². The van der Waals surface area contributed by atoms with Gasteiger partial charge in [0.1, 0.15) is 0 Å². The maximum Gasteiger partial charge on any atom is 0.416 e. The van der Waals surface area contributed by atoms with Gasteiger partial charge in [-0.15, -0.1) is 0 Å². The van der Waals surface area contributed by atoms with E-state index in [-0.39, 0.29) is 6.42 Å². The summed E-state index contributed by atoms with van der Waals surface area (Å²) in [6, 6.07) is 0. The molecule has 0 heterocycles.